The predicted molar refractivity (Wildman–Crippen MR) is 128 cm³/mol. The van der Waals surface area contributed by atoms with Crippen LogP contribution in [-0.4, -0.2) is 53.8 Å². The molecule has 0 radical (unpaired) electrons. The fourth-order valence-corrected chi connectivity index (χ4v) is 4.99. The number of likely N-dealkylation sites (tertiary alicyclic amines) is 2. The third-order valence-corrected chi connectivity index (χ3v) is 6.78. The Labute approximate surface area is 191 Å². The molecule has 1 N–H and O–H groups in total. The van der Waals surface area contributed by atoms with Crippen molar-refractivity contribution in [1.82, 2.24) is 15.1 Å². The summed E-state index contributed by atoms with van der Waals surface area (Å²) < 4.78 is 0. The van der Waals surface area contributed by atoms with Gasteiger partial charge in [-0.1, -0.05) is 42.8 Å². The van der Waals surface area contributed by atoms with E-state index in [9.17, 15) is 9.59 Å². The van der Waals surface area contributed by atoms with Crippen LogP contribution in [0.1, 0.15) is 71.2 Å². The Hall–Kier alpha value is -2.66. The molecule has 2 heterocycles. The summed E-state index contributed by atoms with van der Waals surface area (Å²) >= 11 is 0. The van der Waals surface area contributed by atoms with Crippen molar-refractivity contribution < 1.29 is 9.59 Å². The molecule has 170 valence electrons. The molecule has 4 rings (SSSR count). The van der Waals surface area contributed by atoms with Crippen molar-refractivity contribution in [3.8, 4) is 0 Å². The summed E-state index contributed by atoms with van der Waals surface area (Å²) in [5, 5.41) is 3.03. The summed E-state index contributed by atoms with van der Waals surface area (Å²) in [5.74, 6) is 0.0999. The first kappa shape index (κ1) is 22.5. The molecule has 5 heteroatoms. The molecule has 0 bridgehead atoms. The van der Waals surface area contributed by atoms with Gasteiger partial charge in [0.25, 0.3) is 11.8 Å². The first-order valence-corrected chi connectivity index (χ1v) is 12.2. The number of carbonyl (C=O) groups is 2. The van der Waals surface area contributed by atoms with Crippen molar-refractivity contribution in [3.63, 3.8) is 0 Å². The standard InChI is InChI=1S/C27H35N3O2/c31-26(22-11-3-1-4-12-22)28-17-16-24-14-7-10-20-30(24)27(32)25-15-6-5-13-23(25)21-29-18-8-2-9-19-29/h1,3-6,11-13,15,24H,2,7-10,14,16-21H2,(H,28,31)/t24-/m0/s1. The van der Waals surface area contributed by atoms with Crippen LogP contribution in [0, 0.1) is 0 Å². The Bertz CT molecular complexity index is 893. The van der Waals surface area contributed by atoms with Crippen LogP contribution in [-0.2, 0) is 6.54 Å². The number of benzene rings is 2. The molecule has 2 aromatic rings. The van der Waals surface area contributed by atoms with Crippen molar-refractivity contribution in [3.05, 3.63) is 71.3 Å². The molecular formula is C27H35N3O2. The Morgan fingerprint density at radius 1 is 0.844 bits per heavy atom. The lowest BCUT2D eigenvalue weighted by Crippen LogP contribution is -2.45. The van der Waals surface area contributed by atoms with E-state index in [1.165, 1.54) is 19.3 Å². The van der Waals surface area contributed by atoms with E-state index < -0.39 is 0 Å². The fourth-order valence-electron chi connectivity index (χ4n) is 4.99. The number of hydrogen-bond acceptors (Lipinski definition) is 3. The second kappa shape index (κ2) is 11.3. The van der Waals surface area contributed by atoms with Gasteiger partial charge in [-0.2, -0.15) is 0 Å². The van der Waals surface area contributed by atoms with Crippen LogP contribution in [0.25, 0.3) is 0 Å². The highest BCUT2D eigenvalue weighted by Gasteiger charge is 2.28. The predicted octanol–water partition coefficient (Wildman–Crippen LogP) is 4.49. The van der Waals surface area contributed by atoms with E-state index in [1.807, 2.05) is 48.5 Å². The van der Waals surface area contributed by atoms with E-state index >= 15 is 0 Å². The van der Waals surface area contributed by atoms with Crippen molar-refractivity contribution in [2.75, 3.05) is 26.2 Å². The normalized spacial score (nSPS) is 19.5. The van der Waals surface area contributed by atoms with Crippen molar-refractivity contribution in [2.24, 2.45) is 0 Å². The molecule has 0 unspecified atom stereocenters. The third kappa shape index (κ3) is 5.77. The highest BCUT2D eigenvalue weighted by atomic mass is 16.2. The maximum atomic E-state index is 13.6. The number of carbonyl (C=O) groups excluding carboxylic acids is 2. The van der Waals surface area contributed by atoms with Crippen LogP contribution in [0.5, 0.6) is 0 Å². The zero-order chi connectivity index (χ0) is 22.2. The lowest BCUT2D eigenvalue weighted by atomic mass is 9.96. The van der Waals surface area contributed by atoms with Crippen LogP contribution in [0.3, 0.4) is 0 Å². The van der Waals surface area contributed by atoms with Gasteiger partial charge in [0.15, 0.2) is 0 Å². The molecule has 0 spiro atoms. The molecule has 1 atom stereocenters. The molecule has 32 heavy (non-hydrogen) atoms. The summed E-state index contributed by atoms with van der Waals surface area (Å²) in [6, 6.07) is 17.6. The van der Waals surface area contributed by atoms with Crippen molar-refractivity contribution in [1.29, 1.82) is 0 Å². The molecule has 0 aromatic heterocycles. The summed E-state index contributed by atoms with van der Waals surface area (Å²) in [6.45, 7) is 4.48. The average Bonchev–Trinajstić information content (AvgIpc) is 2.85. The van der Waals surface area contributed by atoms with Crippen LogP contribution < -0.4 is 5.32 Å². The highest BCUT2D eigenvalue weighted by Crippen LogP contribution is 2.24. The van der Waals surface area contributed by atoms with E-state index in [-0.39, 0.29) is 17.9 Å². The smallest absolute Gasteiger partial charge is 0.254 e. The maximum Gasteiger partial charge on any atom is 0.254 e. The Kier molecular flexibility index (Phi) is 7.94. The molecule has 2 aliphatic rings. The number of nitrogens with one attached hydrogen (secondary N) is 1. The Balaban J connectivity index is 1.39. The lowest BCUT2D eigenvalue weighted by molar-refractivity contribution is 0.0599. The molecule has 0 saturated carbocycles. The lowest BCUT2D eigenvalue weighted by Gasteiger charge is -2.36. The average molecular weight is 434 g/mol. The Morgan fingerprint density at radius 2 is 1.56 bits per heavy atom. The molecule has 2 fully saturated rings. The minimum atomic E-state index is -0.0498. The van der Waals surface area contributed by atoms with Gasteiger partial charge in [-0.25, -0.2) is 0 Å². The third-order valence-electron chi connectivity index (χ3n) is 6.78. The minimum Gasteiger partial charge on any atom is -0.352 e. The van der Waals surface area contributed by atoms with Crippen LogP contribution in [0.15, 0.2) is 54.6 Å². The number of nitrogens with zero attached hydrogens (tertiary/aromatic N) is 2. The highest BCUT2D eigenvalue weighted by molar-refractivity contribution is 5.96. The number of piperidine rings is 2. The van der Waals surface area contributed by atoms with E-state index in [4.69, 9.17) is 0 Å². The van der Waals surface area contributed by atoms with Gasteiger partial charge in [-0.05, 0) is 75.4 Å². The van der Waals surface area contributed by atoms with E-state index in [1.54, 1.807) is 0 Å². The summed E-state index contributed by atoms with van der Waals surface area (Å²) in [4.78, 5) is 30.5. The second-order valence-corrected chi connectivity index (χ2v) is 9.05. The molecule has 2 aliphatic heterocycles. The van der Waals surface area contributed by atoms with Crippen LogP contribution >= 0.6 is 0 Å². The largest absolute Gasteiger partial charge is 0.352 e. The summed E-state index contributed by atoms with van der Waals surface area (Å²) in [7, 11) is 0. The summed E-state index contributed by atoms with van der Waals surface area (Å²) in [5.41, 5.74) is 2.66. The first-order valence-electron chi connectivity index (χ1n) is 12.2. The van der Waals surface area contributed by atoms with Crippen LogP contribution in [0.2, 0.25) is 0 Å². The van der Waals surface area contributed by atoms with E-state index in [0.29, 0.717) is 12.1 Å². The molecule has 5 nitrogen and oxygen atoms in total. The Morgan fingerprint density at radius 3 is 2.38 bits per heavy atom. The van der Waals surface area contributed by atoms with E-state index in [0.717, 1.165) is 63.0 Å². The SMILES string of the molecule is O=C(NCC[C@@H]1CCCCN1C(=O)c1ccccc1CN1CCCCC1)c1ccccc1. The quantitative estimate of drug-likeness (QED) is 0.700. The molecular weight excluding hydrogens is 398 g/mol. The molecule has 2 saturated heterocycles. The van der Waals surface area contributed by atoms with Gasteiger partial charge in [-0.3, -0.25) is 14.5 Å². The van der Waals surface area contributed by atoms with Crippen molar-refractivity contribution >= 4 is 11.8 Å². The topological polar surface area (TPSA) is 52.7 Å². The maximum absolute atomic E-state index is 13.6. The van der Waals surface area contributed by atoms with Crippen LogP contribution in [0.4, 0.5) is 0 Å². The van der Waals surface area contributed by atoms with Gasteiger partial charge in [0.05, 0.1) is 0 Å². The molecule has 2 amide bonds. The zero-order valence-corrected chi connectivity index (χ0v) is 19.0. The molecule has 2 aromatic carbocycles. The van der Waals surface area contributed by atoms with E-state index in [2.05, 4.69) is 21.2 Å². The van der Waals surface area contributed by atoms with Gasteiger partial charge in [0.2, 0.25) is 0 Å². The van der Waals surface area contributed by atoms with Crippen molar-refractivity contribution in [2.45, 2.75) is 57.5 Å². The monoisotopic (exact) mass is 433 g/mol. The van der Waals surface area contributed by atoms with Gasteiger partial charge >= 0.3 is 0 Å². The molecule has 0 aliphatic carbocycles. The summed E-state index contributed by atoms with van der Waals surface area (Å²) in [6.07, 6.45) is 7.79. The number of hydrogen-bond donors (Lipinski definition) is 1. The van der Waals surface area contributed by atoms with Gasteiger partial charge in [0.1, 0.15) is 0 Å². The van der Waals surface area contributed by atoms with Gasteiger partial charge in [-0.15, -0.1) is 0 Å². The number of amides is 2. The number of rotatable bonds is 7. The first-order chi connectivity index (χ1) is 15.7. The van der Waals surface area contributed by atoms with Gasteiger partial charge in [0, 0.05) is 36.8 Å². The minimum absolute atomic E-state index is 0.0498. The second-order valence-electron chi connectivity index (χ2n) is 9.05. The zero-order valence-electron chi connectivity index (χ0n) is 19.0. The fraction of sp³-hybridized carbons (Fsp3) is 0.481. The van der Waals surface area contributed by atoms with Gasteiger partial charge < -0.3 is 10.2 Å².